The highest BCUT2D eigenvalue weighted by Gasteiger charge is 2.18. The molecule has 0 saturated carbocycles. The molecule has 1 amide bonds. The number of aromatic nitrogens is 3. The molecule has 1 aliphatic heterocycles. The highest BCUT2D eigenvalue weighted by Crippen LogP contribution is 2.28. The van der Waals surface area contributed by atoms with Crippen LogP contribution in [0.1, 0.15) is 30.6 Å². The van der Waals surface area contributed by atoms with Crippen LogP contribution >= 0.6 is 22.9 Å². The SMILES string of the molecule is C=O.CC.O=C(Nc1ccsc1Cl)c1cnn2ccc(N3CCCNCC3)nc12. The Morgan fingerprint density at radius 3 is 2.79 bits per heavy atom. The maximum Gasteiger partial charge on any atom is 0.261 e. The fourth-order valence-corrected chi connectivity index (χ4v) is 3.68. The number of halogens is 1. The summed E-state index contributed by atoms with van der Waals surface area (Å²) in [5.41, 5.74) is 1.57. The third-order valence-electron chi connectivity index (χ3n) is 4.13. The summed E-state index contributed by atoms with van der Waals surface area (Å²) >= 11 is 7.43. The normalized spacial score (nSPS) is 13.6. The quantitative estimate of drug-likeness (QED) is 0.654. The molecule has 4 heterocycles. The van der Waals surface area contributed by atoms with Crippen molar-refractivity contribution in [2.45, 2.75) is 20.3 Å². The zero-order valence-corrected chi connectivity index (χ0v) is 18.1. The van der Waals surface area contributed by atoms with Gasteiger partial charge in [0.25, 0.3) is 5.91 Å². The minimum absolute atomic E-state index is 0.266. The molecule has 2 N–H and O–H groups in total. The van der Waals surface area contributed by atoms with Crippen molar-refractivity contribution in [2.24, 2.45) is 0 Å². The van der Waals surface area contributed by atoms with E-state index in [0.29, 0.717) is 21.2 Å². The molecule has 1 fully saturated rings. The Kier molecular flexibility index (Phi) is 9.04. The van der Waals surface area contributed by atoms with Gasteiger partial charge in [0.2, 0.25) is 0 Å². The zero-order chi connectivity index (χ0) is 21.2. The predicted octanol–water partition coefficient (Wildman–Crippen LogP) is 3.34. The molecule has 0 aliphatic carbocycles. The van der Waals surface area contributed by atoms with Crippen LogP contribution in [0.3, 0.4) is 0 Å². The number of fused-ring (bicyclic) bond motifs is 1. The van der Waals surface area contributed by atoms with Crippen molar-refractivity contribution in [1.29, 1.82) is 0 Å². The molecule has 156 valence electrons. The van der Waals surface area contributed by atoms with Gasteiger partial charge in [0.15, 0.2) is 5.65 Å². The average molecular weight is 437 g/mol. The highest BCUT2D eigenvalue weighted by atomic mass is 35.5. The molecular formula is C19H25ClN6O2S. The summed E-state index contributed by atoms with van der Waals surface area (Å²) < 4.78 is 2.17. The van der Waals surface area contributed by atoms with Crippen molar-refractivity contribution in [3.63, 3.8) is 0 Å². The first-order chi connectivity index (χ1) is 14.2. The van der Waals surface area contributed by atoms with Crippen molar-refractivity contribution in [3.8, 4) is 0 Å². The second-order valence-electron chi connectivity index (χ2n) is 5.76. The fraction of sp³-hybridized carbons (Fsp3) is 0.368. The number of rotatable bonds is 3. The van der Waals surface area contributed by atoms with Crippen LogP contribution in [0.25, 0.3) is 5.65 Å². The summed E-state index contributed by atoms with van der Waals surface area (Å²) in [6.45, 7) is 9.77. The predicted molar refractivity (Wildman–Crippen MR) is 118 cm³/mol. The summed E-state index contributed by atoms with van der Waals surface area (Å²) in [5, 5.41) is 12.3. The van der Waals surface area contributed by atoms with Crippen molar-refractivity contribution in [1.82, 2.24) is 19.9 Å². The lowest BCUT2D eigenvalue weighted by Gasteiger charge is -2.20. The molecule has 0 radical (unpaired) electrons. The zero-order valence-electron chi connectivity index (χ0n) is 16.5. The van der Waals surface area contributed by atoms with E-state index in [2.05, 4.69) is 25.6 Å². The number of nitrogens with zero attached hydrogens (tertiary/aromatic N) is 4. The lowest BCUT2D eigenvalue weighted by Crippen LogP contribution is -2.28. The molecular weight excluding hydrogens is 412 g/mol. The van der Waals surface area contributed by atoms with E-state index < -0.39 is 0 Å². The smallest absolute Gasteiger partial charge is 0.261 e. The van der Waals surface area contributed by atoms with Gasteiger partial charge in [0.05, 0.1) is 11.9 Å². The van der Waals surface area contributed by atoms with E-state index in [1.807, 2.05) is 38.3 Å². The van der Waals surface area contributed by atoms with Crippen LogP contribution in [0.4, 0.5) is 11.5 Å². The maximum absolute atomic E-state index is 12.6. The van der Waals surface area contributed by atoms with Crippen LogP contribution in [0, 0.1) is 0 Å². The van der Waals surface area contributed by atoms with Crippen LogP contribution in [0.2, 0.25) is 4.34 Å². The van der Waals surface area contributed by atoms with E-state index in [1.165, 1.54) is 17.5 Å². The maximum atomic E-state index is 12.6. The lowest BCUT2D eigenvalue weighted by molar-refractivity contribution is -0.0980. The van der Waals surface area contributed by atoms with Gasteiger partial charge in [0.1, 0.15) is 22.5 Å². The van der Waals surface area contributed by atoms with E-state index in [9.17, 15) is 4.79 Å². The first-order valence-corrected chi connectivity index (χ1v) is 10.6. The van der Waals surface area contributed by atoms with Crippen molar-refractivity contribution < 1.29 is 9.59 Å². The van der Waals surface area contributed by atoms with Crippen molar-refractivity contribution in [2.75, 3.05) is 36.4 Å². The molecule has 0 unspecified atom stereocenters. The number of hydrogen-bond acceptors (Lipinski definition) is 7. The first kappa shape index (κ1) is 22.8. The van der Waals surface area contributed by atoms with Gasteiger partial charge >= 0.3 is 0 Å². The number of carbonyl (C=O) groups is 2. The van der Waals surface area contributed by atoms with Gasteiger partial charge in [-0.05, 0) is 30.5 Å². The molecule has 0 atom stereocenters. The Balaban J connectivity index is 0.000000707. The summed E-state index contributed by atoms with van der Waals surface area (Å²) in [6.07, 6.45) is 4.44. The highest BCUT2D eigenvalue weighted by molar-refractivity contribution is 7.15. The fourth-order valence-electron chi connectivity index (χ4n) is 2.84. The Morgan fingerprint density at radius 1 is 1.28 bits per heavy atom. The summed E-state index contributed by atoms with van der Waals surface area (Å²) in [4.78, 5) is 27.5. The number of nitrogens with one attached hydrogen (secondary N) is 2. The van der Waals surface area contributed by atoms with Gasteiger partial charge in [-0.25, -0.2) is 9.50 Å². The number of thiophene rings is 1. The number of carbonyl (C=O) groups excluding carboxylic acids is 2. The monoisotopic (exact) mass is 436 g/mol. The summed E-state index contributed by atoms with van der Waals surface area (Å²) in [6, 6.07) is 3.71. The number of anilines is 2. The molecule has 0 aromatic carbocycles. The van der Waals surface area contributed by atoms with Gasteiger partial charge < -0.3 is 20.3 Å². The Labute approximate surface area is 178 Å². The lowest BCUT2D eigenvalue weighted by atomic mass is 10.3. The van der Waals surface area contributed by atoms with Crippen LogP contribution in [0.15, 0.2) is 29.9 Å². The topological polar surface area (TPSA) is 91.6 Å². The Bertz CT molecular complexity index is 920. The largest absolute Gasteiger partial charge is 0.355 e. The minimum atomic E-state index is -0.266. The van der Waals surface area contributed by atoms with Gasteiger partial charge in [-0.15, -0.1) is 11.3 Å². The number of amides is 1. The van der Waals surface area contributed by atoms with Crippen LogP contribution < -0.4 is 15.5 Å². The van der Waals surface area contributed by atoms with Gasteiger partial charge in [-0.3, -0.25) is 4.79 Å². The second-order valence-corrected chi connectivity index (χ2v) is 7.28. The van der Waals surface area contributed by atoms with Crippen LogP contribution in [-0.2, 0) is 4.79 Å². The molecule has 4 rings (SSSR count). The summed E-state index contributed by atoms with van der Waals surface area (Å²) in [7, 11) is 0. The van der Waals surface area contributed by atoms with E-state index in [1.54, 1.807) is 10.6 Å². The van der Waals surface area contributed by atoms with Gasteiger partial charge in [-0.1, -0.05) is 25.4 Å². The molecule has 10 heteroatoms. The molecule has 8 nitrogen and oxygen atoms in total. The molecule has 3 aromatic heterocycles. The molecule has 0 bridgehead atoms. The van der Waals surface area contributed by atoms with E-state index >= 15 is 0 Å². The molecule has 0 spiro atoms. The van der Waals surface area contributed by atoms with Crippen LogP contribution in [-0.4, -0.2) is 53.5 Å². The Hall–Kier alpha value is -2.49. The Morgan fingerprint density at radius 2 is 2.07 bits per heavy atom. The van der Waals surface area contributed by atoms with Gasteiger partial charge in [-0.2, -0.15) is 5.10 Å². The average Bonchev–Trinajstić information content (AvgIpc) is 3.26. The van der Waals surface area contributed by atoms with E-state index in [4.69, 9.17) is 16.4 Å². The van der Waals surface area contributed by atoms with E-state index in [0.717, 1.165) is 38.4 Å². The van der Waals surface area contributed by atoms with Crippen LogP contribution in [0.5, 0.6) is 0 Å². The van der Waals surface area contributed by atoms with E-state index in [-0.39, 0.29) is 5.91 Å². The summed E-state index contributed by atoms with van der Waals surface area (Å²) in [5.74, 6) is 0.594. The molecule has 29 heavy (non-hydrogen) atoms. The van der Waals surface area contributed by atoms with Crippen molar-refractivity contribution in [3.05, 3.63) is 39.8 Å². The second kappa shape index (κ2) is 11.5. The third kappa shape index (κ3) is 5.53. The first-order valence-electron chi connectivity index (χ1n) is 9.35. The van der Waals surface area contributed by atoms with Crippen molar-refractivity contribution >= 4 is 52.8 Å². The molecule has 1 saturated heterocycles. The third-order valence-corrected chi connectivity index (χ3v) is 5.30. The number of hydrogen-bond donors (Lipinski definition) is 2. The molecule has 3 aromatic rings. The van der Waals surface area contributed by atoms with Gasteiger partial charge in [0, 0.05) is 25.8 Å². The minimum Gasteiger partial charge on any atom is -0.355 e. The standard InChI is InChI=1S/C16H17ClN6OS.C2H6.CH2O/c17-14-12(3-9-25-14)20-16(24)11-10-19-23-7-2-13(21-15(11)23)22-6-1-4-18-5-8-22;2*1-2/h2-3,7,9-10,18H,1,4-6,8H2,(H,20,24);1-2H3;1H2. The molecule has 1 aliphatic rings.